The highest BCUT2D eigenvalue weighted by atomic mass is 16.5. The van der Waals surface area contributed by atoms with Gasteiger partial charge in [0.25, 0.3) is 0 Å². The van der Waals surface area contributed by atoms with E-state index in [2.05, 4.69) is 10.1 Å². The molecule has 128 valence electrons. The number of hydrogen-bond acceptors (Lipinski definition) is 6. The predicted octanol–water partition coefficient (Wildman–Crippen LogP) is 0.383. The molecule has 0 atom stereocenters. The minimum Gasteiger partial charge on any atom is -0.381 e. The summed E-state index contributed by atoms with van der Waals surface area (Å²) < 4.78 is 10.7. The van der Waals surface area contributed by atoms with E-state index in [0.717, 1.165) is 57.0 Å². The maximum absolute atomic E-state index is 12.9. The second-order valence-electron chi connectivity index (χ2n) is 6.60. The van der Waals surface area contributed by atoms with Crippen LogP contribution in [0.5, 0.6) is 0 Å². The summed E-state index contributed by atoms with van der Waals surface area (Å²) in [5.41, 5.74) is 6.43. The molecular weight excluding hydrogens is 296 g/mol. The van der Waals surface area contributed by atoms with E-state index < -0.39 is 5.41 Å². The van der Waals surface area contributed by atoms with Crippen molar-refractivity contribution in [2.45, 2.75) is 26.3 Å². The average molecular weight is 322 g/mol. The Labute approximate surface area is 136 Å². The largest absolute Gasteiger partial charge is 0.381 e. The van der Waals surface area contributed by atoms with Gasteiger partial charge in [0.1, 0.15) is 0 Å². The van der Waals surface area contributed by atoms with Crippen molar-refractivity contribution in [2.24, 2.45) is 11.1 Å². The Morgan fingerprint density at radius 1 is 1.30 bits per heavy atom. The molecule has 3 rings (SSSR count). The smallest absolute Gasteiger partial charge is 0.230 e. The average Bonchev–Trinajstić information content (AvgIpc) is 3.00. The van der Waals surface area contributed by atoms with Gasteiger partial charge in [-0.1, -0.05) is 5.16 Å². The van der Waals surface area contributed by atoms with Crippen LogP contribution in [0.1, 0.15) is 24.3 Å². The monoisotopic (exact) mass is 322 g/mol. The predicted molar refractivity (Wildman–Crippen MR) is 84.6 cm³/mol. The molecule has 0 saturated carbocycles. The van der Waals surface area contributed by atoms with Crippen LogP contribution < -0.4 is 5.73 Å². The van der Waals surface area contributed by atoms with Gasteiger partial charge in [-0.25, -0.2) is 0 Å². The number of nitrogens with two attached hydrogens (primary N) is 1. The SMILES string of the molecule is Cc1cc(CN2CCN(C(=O)C3(CN)CCOCC3)CC2)on1. The lowest BCUT2D eigenvalue weighted by Crippen LogP contribution is -2.56. The molecule has 2 aliphatic rings. The molecule has 2 fully saturated rings. The van der Waals surface area contributed by atoms with Gasteiger partial charge in [0.15, 0.2) is 5.76 Å². The van der Waals surface area contributed by atoms with E-state index in [4.69, 9.17) is 15.0 Å². The molecule has 7 nitrogen and oxygen atoms in total. The third-order valence-electron chi connectivity index (χ3n) is 5.01. The highest BCUT2D eigenvalue weighted by Gasteiger charge is 2.42. The van der Waals surface area contributed by atoms with Gasteiger partial charge in [-0.05, 0) is 19.8 Å². The summed E-state index contributed by atoms with van der Waals surface area (Å²) in [5.74, 6) is 1.09. The van der Waals surface area contributed by atoms with Crippen LogP contribution in [0.3, 0.4) is 0 Å². The Bertz CT molecular complexity index is 531. The van der Waals surface area contributed by atoms with Crippen molar-refractivity contribution in [3.8, 4) is 0 Å². The van der Waals surface area contributed by atoms with Crippen LogP contribution in [-0.4, -0.2) is 66.8 Å². The Morgan fingerprint density at radius 3 is 2.57 bits per heavy atom. The summed E-state index contributed by atoms with van der Waals surface area (Å²) in [7, 11) is 0. The number of carbonyl (C=O) groups excluding carboxylic acids is 1. The summed E-state index contributed by atoms with van der Waals surface area (Å²) in [6.45, 7) is 7.53. The van der Waals surface area contributed by atoms with E-state index in [9.17, 15) is 4.79 Å². The molecule has 7 heteroatoms. The maximum Gasteiger partial charge on any atom is 0.230 e. The van der Waals surface area contributed by atoms with Crippen molar-refractivity contribution in [3.63, 3.8) is 0 Å². The first-order valence-electron chi connectivity index (χ1n) is 8.35. The van der Waals surface area contributed by atoms with Crippen LogP contribution in [0.25, 0.3) is 0 Å². The molecule has 2 saturated heterocycles. The van der Waals surface area contributed by atoms with Gasteiger partial charge < -0.3 is 19.9 Å². The highest BCUT2D eigenvalue weighted by Crippen LogP contribution is 2.32. The van der Waals surface area contributed by atoms with Crippen molar-refractivity contribution >= 4 is 5.91 Å². The molecule has 1 aromatic rings. The molecule has 0 bridgehead atoms. The Balaban J connectivity index is 1.54. The summed E-state index contributed by atoms with van der Waals surface area (Å²) in [6, 6.07) is 1.96. The van der Waals surface area contributed by atoms with Crippen molar-refractivity contribution in [2.75, 3.05) is 45.9 Å². The van der Waals surface area contributed by atoms with Crippen LogP contribution in [0.4, 0.5) is 0 Å². The van der Waals surface area contributed by atoms with Crippen LogP contribution in [0, 0.1) is 12.3 Å². The zero-order chi connectivity index (χ0) is 16.3. The Kier molecular flexibility index (Phi) is 4.99. The molecule has 2 aliphatic heterocycles. The van der Waals surface area contributed by atoms with Crippen LogP contribution in [0.2, 0.25) is 0 Å². The molecular formula is C16H26N4O3. The van der Waals surface area contributed by atoms with Gasteiger partial charge in [0.2, 0.25) is 5.91 Å². The van der Waals surface area contributed by atoms with E-state index in [1.807, 2.05) is 17.9 Å². The fourth-order valence-corrected chi connectivity index (χ4v) is 3.42. The first kappa shape index (κ1) is 16.4. The summed E-state index contributed by atoms with van der Waals surface area (Å²) in [5, 5.41) is 3.91. The minimum atomic E-state index is -0.414. The van der Waals surface area contributed by atoms with Gasteiger partial charge >= 0.3 is 0 Å². The van der Waals surface area contributed by atoms with E-state index >= 15 is 0 Å². The van der Waals surface area contributed by atoms with Crippen molar-refractivity contribution < 1.29 is 14.1 Å². The third kappa shape index (κ3) is 3.57. The summed E-state index contributed by atoms with van der Waals surface area (Å²) in [6.07, 6.45) is 1.47. The van der Waals surface area contributed by atoms with Gasteiger partial charge in [0.05, 0.1) is 17.7 Å². The molecule has 3 heterocycles. The number of hydrogen-bond donors (Lipinski definition) is 1. The Hall–Kier alpha value is -1.44. The van der Waals surface area contributed by atoms with Crippen molar-refractivity contribution in [3.05, 3.63) is 17.5 Å². The lowest BCUT2D eigenvalue weighted by Gasteiger charge is -2.42. The molecule has 0 aromatic carbocycles. The second kappa shape index (κ2) is 6.98. The third-order valence-corrected chi connectivity index (χ3v) is 5.01. The maximum atomic E-state index is 12.9. The molecule has 0 radical (unpaired) electrons. The molecule has 23 heavy (non-hydrogen) atoms. The fourth-order valence-electron chi connectivity index (χ4n) is 3.42. The fraction of sp³-hybridized carbons (Fsp3) is 0.750. The lowest BCUT2D eigenvalue weighted by molar-refractivity contribution is -0.149. The van der Waals surface area contributed by atoms with Crippen molar-refractivity contribution in [1.29, 1.82) is 0 Å². The zero-order valence-corrected chi connectivity index (χ0v) is 13.8. The molecule has 0 spiro atoms. The van der Waals surface area contributed by atoms with E-state index in [1.165, 1.54) is 0 Å². The zero-order valence-electron chi connectivity index (χ0n) is 13.8. The lowest BCUT2D eigenvalue weighted by atomic mass is 9.78. The molecule has 1 aromatic heterocycles. The standard InChI is InChI=1S/C16H26N4O3/c1-13-10-14(23-18-13)11-19-4-6-20(7-5-19)15(21)16(12-17)2-8-22-9-3-16/h10H,2-9,11-12,17H2,1H3. The van der Waals surface area contributed by atoms with E-state index in [-0.39, 0.29) is 5.91 Å². The Morgan fingerprint density at radius 2 is 2.00 bits per heavy atom. The number of ether oxygens (including phenoxy) is 1. The highest BCUT2D eigenvalue weighted by molar-refractivity contribution is 5.83. The van der Waals surface area contributed by atoms with Gasteiger partial charge in [-0.2, -0.15) is 0 Å². The summed E-state index contributed by atoms with van der Waals surface area (Å²) >= 11 is 0. The van der Waals surface area contributed by atoms with Gasteiger partial charge in [-0.3, -0.25) is 9.69 Å². The molecule has 0 aliphatic carbocycles. The number of piperazine rings is 1. The van der Waals surface area contributed by atoms with Gasteiger partial charge in [-0.15, -0.1) is 0 Å². The van der Waals surface area contributed by atoms with Crippen LogP contribution >= 0.6 is 0 Å². The number of nitrogens with zero attached hydrogens (tertiary/aromatic N) is 3. The van der Waals surface area contributed by atoms with Gasteiger partial charge in [0, 0.05) is 52.0 Å². The topological polar surface area (TPSA) is 84.8 Å². The normalized spacial score (nSPS) is 22.3. The number of rotatable bonds is 4. The quantitative estimate of drug-likeness (QED) is 0.863. The molecule has 0 unspecified atom stereocenters. The molecule has 2 N–H and O–H groups in total. The van der Waals surface area contributed by atoms with Crippen LogP contribution in [0.15, 0.2) is 10.6 Å². The van der Waals surface area contributed by atoms with Crippen molar-refractivity contribution in [1.82, 2.24) is 15.0 Å². The van der Waals surface area contributed by atoms with Crippen LogP contribution in [-0.2, 0) is 16.1 Å². The number of aromatic nitrogens is 1. The number of aryl methyl sites for hydroxylation is 1. The second-order valence-corrected chi connectivity index (χ2v) is 6.60. The number of amides is 1. The summed E-state index contributed by atoms with van der Waals surface area (Å²) in [4.78, 5) is 17.2. The minimum absolute atomic E-state index is 0.207. The first-order valence-corrected chi connectivity index (χ1v) is 8.35. The van der Waals surface area contributed by atoms with E-state index in [1.54, 1.807) is 0 Å². The van der Waals surface area contributed by atoms with E-state index in [0.29, 0.717) is 19.8 Å². The number of carbonyl (C=O) groups is 1. The first-order chi connectivity index (χ1) is 11.1. The molecule has 1 amide bonds.